The molecule has 3 rings (SSSR count). The number of hydrogen-bond acceptors (Lipinski definition) is 7. The third-order valence-electron chi connectivity index (χ3n) is 4.53. The third kappa shape index (κ3) is 5.49. The zero-order chi connectivity index (χ0) is 24.9. The van der Waals surface area contributed by atoms with Crippen molar-refractivity contribution in [3.8, 4) is 5.69 Å². The van der Waals surface area contributed by atoms with E-state index in [0.29, 0.717) is 0 Å². The standard InChI is InChI=1S/C21H18F3N5O5/c1-28(20(32)33-2)16-6-4-3-5-14(16)19(31)34-10-18(30)27-15-9-13(21(22,23)24)7-8-17(15)29-12-25-11-26-29/h3-9,11-12H,10H2,1-2H3,(H,27,30). The number of anilines is 2. The first-order chi connectivity index (χ1) is 16.1. The highest BCUT2D eigenvalue weighted by Gasteiger charge is 2.31. The van der Waals surface area contributed by atoms with E-state index in [4.69, 9.17) is 4.74 Å². The van der Waals surface area contributed by atoms with Crippen molar-refractivity contribution in [2.75, 3.05) is 31.0 Å². The van der Waals surface area contributed by atoms with E-state index in [1.54, 1.807) is 6.07 Å². The summed E-state index contributed by atoms with van der Waals surface area (Å²) in [7, 11) is 2.55. The summed E-state index contributed by atoms with van der Waals surface area (Å²) in [5, 5.41) is 6.15. The van der Waals surface area contributed by atoms with Crippen LogP contribution >= 0.6 is 0 Å². The van der Waals surface area contributed by atoms with Crippen LogP contribution in [0.4, 0.5) is 29.3 Å². The van der Waals surface area contributed by atoms with Crippen LogP contribution in [-0.4, -0.2) is 53.5 Å². The number of aromatic nitrogens is 3. The Bertz CT molecular complexity index is 1200. The Kier molecular flexibility index (Phi) is 7.14. The molecule has 2 aromatic carbocycles. The number of alkyl halides is 3. The number of rotatable bonds is 6. The van der Waals surface area contributed by atoms with E-state index in [0.717, 1.165) is 23.1 Å². The topological polar surface area (TPSA) is 116 Å². The maximum absolute atomic E-state index is 13.2. The largest absolute Gasteiger partial charge is 0.452 e. The second-order valence-corrected chi connectivity index (χ2v) is 6.74. The molecule has 0 aliphatic carbocycles. The van der Waals surface area contributed by atoms with Crippen LogP contribution in [0.15, 0.2) is 55.1 Å². The van der Waals surface area contributed by atoms with Crippen LogP contribution in [0.5, 0.6) is 0 Å². The second kappa shape index (κ2) is 10.0. The number of halogens is 3. The van der Waals surface area contributed by atoms with Crippen molar-refractivity contribution < 1.29 is 37.0 Å². The zero-order valence-corrected chi connectivity index (χ0v) is 17.9. The molecule has 0 saturated carbocycles. The van der Waals surface area contributed by atoms with Gasteiger partial charge in [-0.3, -0.25) is 9.69 Å². The number of methoxy groups -OCH3 is 1. The monoisotopic (exact) mass is 477 g/mol. The highest BCUT2D eigenvalue weighted by molar-refractivity contribution is 6.02. The van der Waals surface area contributed by atoms with Crippen LogP contribution in [-0.2, 0) is 20.4 Å². The molecule has 13 heteroatoms. The van der Waals surface area contributed by atoms with Crippen molar-refractivity contribution >= 4 is 29.3 Å². The average Bonchev–Trinajstić information content (AvgIpc) is 3.35. The number of nitrogens with zero attached hydrogens (tertiary/aromatic N) is 4. The lowest BCUT2D eigenvalue weighted by molar-refractivity contribution is -0.137. The van der Waals surface area contributed by atoms with Crippen molar-refractivity contribution in [3.63, 3.8) is 0 Å². The quantitative estimate of drug-likeness (QED) is 0.542. The predicted octanol–water partition coefficient (Wildman–Crippen LogP) is 3.28. The Morgan fingerprint density at radius 1 is 1.15 bits per heavy atom. The maximum Gasteiger partial charge on any atom is 0.416 e. The molecule has 178 valence electrons. The summed E-state index contributed by atoms with van der Waals surface area (Å²) in [5.41, 5.74) is -0.942. The van der Waals surface area contributed by atoms with E-state index in [1.807, 2.05) is 0 Å². The van der Waals surface area contributed by atoms with Gasteiger partial charge in [-0.05, 0) is 30.3 Å². The summed E-state index contributed by atoms with van der Waals surface area (Å²) in [6, 6.07) is 8.65. The lowest BCUT2D eigenvalue weighted by Crippen LogP contribution is -2.28. The molecule has 0 spiro atoms. The minimum Gasteiger partial charge on any atom is -0.452 e. The first kappa shape index (κ1) is 24.2. The average molecular weight is 477 g/mol. The number of carbonyl (C=O) groups is 3. The van der Waals surface area contributed by atoms with E-state index >= 15 is 0 Å². The van der Waals surface area contributed by atoms with Crippen molar-refractivity contribution in [2.24, 2.45) is 0 Å². The van der Waals surface area contributed by atoms with Crippen molar-refractivity contribution in [2.45, 2.75) is 6.18 Å². The van der Waals surface area contributed by atoms with Crippen molar-refractivity contribution in [3.05, 3.63) is 66.2 Å². The normalized spacial score (nSPS) is 11.0. The molecular weight excluding hydrogens is 459 g/mol. The molecule has 1 aromatic heterocycles. The first-order valence-corrected chi connectivity index (χ1v) is 9.55. The molecule has 0 aliphatic rings. The fourth-order valence-corrected chi connectivity index (χ4v) is 2.91. The van der Waals surface area contributed by atoms with E-state index in [2.05, 4.69) is 20.1 Å². The summed E-state index contributed by atoms with van der Waals surface area (Å²) >= 11 is 0. The molecule has 0 radical (unpaired) electrons. The Labute approximate surface area is 190 Å². The van der Waals surface area contributed by atoms with Crippen LogP contribution in [0.3, 0.4) is 0 Å². The SMILES string of the molecule is COC(=O)N(C)c1ccccc1C(=O)OCC(=O)Nc1cc(C(F)(F)F)ccc1-n1cncn1. The molecular formula is C21H18F3N5O5. The zero-order valence-electron chi connectivity index (χ0n) is 17.9. The van der Waals surface area contributed by atoms with E-state index in [1.165, 1.54) is 49.7 Å². The maximum atomic E-state index is 13.2. The van der Waals surface area contributed by atoms with Gasteiger partial charge >= 0.3 is 18.2 Å². The smallest absolute Gasteiger partial charge is 0.416 e. The van der Waals surface area contributed by atoms with Crippen molar-refractivity contribution in [1.82, 2.24) is 14.8 Å². The highest BCUT2D eigenvalue weighted by atomic mass is 19.4. The summed E-state index contributed by atoms with van der Waals surface area (Å²) in [6.45, 7) is -0.803. The molecule has 2 amide bonds. The Morgan fingerprint density at radius 3 is 2.53 bits per heavy atom. The first-order valence-electron chi connectivity index (χ1n) is 9.55. The van der Waals surface area contributed by atoms with E-state index in [-0.39, 0.29) is 22.6 Å². The van der Waals surface area contributed by atoms with E-state index < -0.39 is 36.3 Å². The molecule has 1 heterocycles. The van der Waals surface area contributed by atoms with Gasteiger partial charge in [-0.2, -0.15) is 18.3 Å². The Morgan fingerprint density at radius 2 is 1.88 bits per heavy atom. The number of benzene rings is 2. The number of ether oxygens (including phenoxy) is 2. The van der Waals surface area contributed by atoms with Gasteiger partial charge in [-0.25, -0.2) is 19.3 Å². The van der Waals surface area contributed by atoms with Gasteiger partial charge in [0.15, 0.2) is 6.61 Å². The number of esters is 1. The minimum atomic E-state index is -4.65. The van der Waals surface area contributed by atoms with Crippen molar-refractivity contribution in [1.29, 1.82) is 0 Å². The number of amides is 2. The Balaban J connectivity index is 1.76. The molecule has 0 unspecified atom stereocenters. The van der Waals surface area contributed by atoms with Crippen LogP contribution in [0, 0.1) is 0 Å². The molecule has 0 atom stereocenters. The van der Waals surface area contributed by atoms with Gasteiger partial charge in [0.1, 0.15) is 12.7 Å². The molecule has 0 bridgehead atoms. The van der Waals surface area contributed by atoms with Gasteiger partial charge in [0, 0.05) is 7.05 Å². The van der Waals surface area contributed by atoms with Gasteiger partial charge in [0.2, 0.25) is 0 Å². The second-order valence-electron chi connectivity index (χ2n) is 6.74. The summed E-state index contributed by atoms with van der Waals surface area (Å²) in [5.74, 6) is -1.82. The number of hydrogen-bond donors (Lipinski definition) is 1. The number of para-hydroxylation sites is 1. The lowest BCUT2D eigenvalue weighted by atomic mass is 10.1. The number of carbonyl (C=O) groups excluding carboxylic acids is 3. The molecule has 34 heavy (non-hydrogen) atoms. The van der Waals surface area contributed by atoms with Crippen LogP contribution in [0.25, 0.3) is 5.69 Å². The van der Waals surface area contributed by atoms with Gasteiger partial charge in [-0.15, -0.1) is 0 Å². The fraction of sp³-hybridized carbons (Fsp3) is 0.190. The fourth-order valence-electron chi connectivity index (χ4n) is 2.91. The summed E-state index contributed by atoms with van der Waals surface area (Å²) in [4.78, 5) is 41.5. The summed E-state index contributed by atoms with van der Waals surface area (Å²) < 4.78 is 50.3. The van der Waals surface area contributed by atoms with Gasteiger partial charge < -0.3 is 14.8 Å². The van der Waals surface area contributed by atoms with Crippen LogP contribution in [0.2, 0.25) is 0 Å². The van der Waals surface area contributed by atoms with Gasteiger partial charge in [-0.1, -0.05) is 12.1 Å². The molecule has 0 saturated heterocycles. The molecule has 3 aromatic rings. The predicted molar refractivity (Wildman–Crippen MR) is 113 cm³/mol. The molecule has 10 nitrogen and oxygen atoms in total. The molecule has 0 fully saturated rings. The highest BCUT2D eigenvalue weighted by Crippen LogP contribution is 2.33. The minimum absolute atomic E-state index is 0.0226. The lowest BCUT2D eigenvalue weighted by Gasteiger charge is -2.18. The van der Waals surface area contributed by atoms with Crippen LogP contribution < -0.4 is 10.2 Å². The van der Waals surface area contributed by atoms with Gasteiger partial charge in [0.05, 0.1) is 35.3 Å². The molecule has 0 aliphatic heterocycles. The third-order valence-corrected chi connectivity index (χ3v) is 4.53. The number of nitrogens with one attached hydrogen (secondary N) is 1. The van der Waals surface area contributed by atoms with E-state index in [9.17, 15) is 27.6 Å². The van der Waals surface area contributed by atoms with Gasteiger partial charge in [0.25, 0.3) is 5.91 Å². The Hall–Kier alpha value is -4.42. The molecule has 1 N–H and O–H groups in total. The van der Waals surface area contributed by atoms with Crippen LogP contribution in [0.1, 0.15) is 15.9 Å². The summed E-state index contributed by atoms with van der Waals surface area (Å²) in [6.07, 6.45) is -2.97.